The van der Waals surface area contributed by atoms with Crippen LogP contribution in [0.1, 0.15) is 44.9 Å². The Morgan fingerprint density at radius 1 is 1.16 bits per heavy atom. The maximum absolute atomic E-state index is 12.5. The average Bonchev–Trinajstić information content (AvgIpc) is 2.99. The minimum absolute atomic E-state index is 0.105. The molecule has 1 amide bonds. The van der Waals surface area contributed by atoms with Crippen molar-refractivity contribution >= 4 is 17.7 Å². The van der Waals surface area contributed by atoms with Crippen molar-refractivity contribution in [3.63, 3.8) is 0 Å². The van der Waals surface area contributed by atoms with Crippen LogP contribution in [0.5, 0.6) is 0 Å². The van der Waals surface area contributed by atoms with Crippen LogP contribution in [0.3, 0.4) is 0 Å². The van der Waals surface area contributed by atoms with Gasteiger partial charge in [0.15, 0.2) is 0 Å². The normalized spacial score (nSPS) is 45.4. The minimum Gasteiger partial charge on any atom is -0.353 e. The van der Waals surface area contributed by atoms with Gasteiger partial charge in [-0.2, -0.15) is 11.8 Å². The van der Waals surface area contributed by atoms with Gasteiger partial charge in [0.2, 0.25) is 5.91 Å². The molecule has 3 fully saturated rings. The second-order valence-electron chi connectivity index (χ2n) is 6.67. The maximum Gasteiger partial charge on any atom is 0.225 e. The fraction of sp³-hybridized carbons (Fsp3) is 0.933. The monoisotopic (exact) mass is 282 g/mol. The first kappa shape index (κ1) is 13.7. The van der Waals surface area contributed by atoms with Crippen LogP contribution in [0.4, 0.5) is 0 Å². The molecule has 0 aromatic carbocycles. The number of carbonyl (C=O) groups excluding carboxylic acids is 1. The largest absolute Gasteiger partial charge is 0.353 e. The van der Waals surface area contributed by atoms with Gasteiger partial charge in [0.25, 0.3) is 0 Å². The Bertz CT molecular complexity index is 347. The quantitative estimate of drug-likeness (QED) is 0.834. The number of hydrogen-bond acceptors (Lipinski definition) is 3. The molecule has 2 bridgehead atoms. The number of amides is 1. The van der Waals surface area contributed by atoms with E-state index in [1.165, 1.54) is 32.1 Å². The van der Waals surface area contributed by atoms with Gasteiger partial charge in [-0.05, 0) is 56.6 Å². The molecule has 19 heavy (non-hydrogen) atoms. The summed E-state index contributed by atoms with van der Waals surface area (Å²) in [5.74, 6) is 1.55. The van der Waals surface area contributed by atoms with Crippen LogP contribution in [0.2, 0.25) is 0 Å². The summed E-state index contributed by atoms with van der Waals surface area (Å²) in [6.45, 7) is 0. The lowest BCUT2D eigenvalue weighted by Gasteiger charge is -2.32. The summed E-state index contributed by atoms with van der Waals surface area (Å²) in [6, 6.07) is 0.517. The van der Waals surface area contributed by atoms with E-state index in [0.717, 1.165) is 18.1 Å². The van der Waals surface area contributed by atoms with E-state index in [0.29, 0.717) is 17.9 Å². The van der Waals surface area contributed by atoms with Gasteiger partial charge in [0, 0.05) is 17.3 Å². The summed E-state index contributed by atoms with van der Waals surface area (Å²) in [5, 5.41) is 4.04. The number of nitrogens with two attached hydrogens (primary N) is 1. The summed E-state index contributed by atoms with van der Waals surface area (Å²) in [7, 11) is 0. The maximum atomic E-state index is 12.5. The zero-order chi connectivity index (χ0) is 13.4. The first-order valence-corrected chi connectivity index (χ1v) is 9.06. The zero-order valence-electron chi connectivity index (χ0n) is 11.8. The lowest BCUT2D eigenvalue weighted by Crippen LogP contribution is -2.49. The van der Waals surface area contributed by atoms with Crippen LogP contribution in [-0.2, 0) is 4.79 Å². The summed E-state index contributed by atoms with van der Waals surface area (Å²) < 4.78 is 0. The predicted octanol–water partition coefficient (Wildman–Crippen LogP) is 2.15. The molecule has 0 aromatic rings. The number of fused-ring (bicyclic) bond motifs is 2. The van der Waals surface area contributed by atoms with Gasteiger partial charge in [-0.25, -0.2) is 0 Å². The molecule has 4 heteroatoms. The van der Waals surface area contributed by atoms with E-state index < -0.39 is 0 Å². The van der Waals surface area contributed by atoms with E-state index in [-0.39, 0.29) is 17.9 Å². The Balaban J connectivity index is 1.56. The van der Waals surface area contributed by atoms with E-state index in [9.17, 15) is 4.79 Å². The van der Waals surface area contributed by atoms with Crippen molar-refractivity contribution < 1.29 is 4.79 Å². The van der Waals surface area contributed by atoms with Gasteiger partial charge in [0.1, 0.15) is 0 Å². The highest BCUT2D eigenvalue weighted by Gasteiger charge is 2.49. The van der Waals surface area contributed by atoms with Crippen LogP contribution in [0.25, 0.3) is 0 Å². The highest BCUT2D eigenvalue weighted by molar-refractivity contribution is 7.99. The van der Waals surface area contributed by atoms with Crippen molar-refractivity contribution in [1.82, 2.24) is 5.32 Å². The lowest BCUT2D eigenvalue weighted by atomic mass is 9.83. The van der Waals surface area contributed by atoms with E-state index in [2.05, 4.69) is 11.6 Å². The molecule has 0 aromatic heterocycles. The van der Waals surface area contributed by atoms with Crippen molar-refractivity contribution in [1.29, 1.82) is 0 Å². The molecule has 3 aliphatic carbocycles. The number of thioether (sulfide) groups is 1. The SMILES string of the molecule is CSC1CCCC(NC(=O)C2C3CCC(C3)C2N)C1. The summed E-state index contributed by atoms with van der Waals surface area (Å²) >= 11 is 1.95. The van der Waals surface area contributed by atoms with Crippen molar-refractivity contribution in [2.24, 2.45) is 23.5 Å². The molecule has 3 N–H and O–H groups in total. The number of nitrogens with one attached hydrogen (secondary N) is 1. The molecule has 0 saturated heterocycles. The van der Waals surface area contributed by atoms with Crippen LogP contribution >= 0.6 is 11.8 Å². The van der Waals surface area contributed by atoms with E-state index >= 15 is 0 Å². The Kier molecular flexibility index (Phi) is 4.08. The summed E-state index contributed by atoms with van der Waals surface area (Å²) in [6.07, 6.45) is 10.7. The van der Waals surface area contributed by atoms with E-state index in [1.54, 1.807) is 0 Å². The van der Waals surface area contributed by atoms with Crippen molar-refractivity contribution in [3.8, 4) is 0 Å². The number of rotatable bonds is 3. The van der Waals surface area contributed by atoms with Crippen molar-refractivity contribution in [2.75, 3.05) is 6.26 Å². The minimum atomic E-state index is 0.105. The Labute approximate surface area is 120 Å². The standard InChI is InChI=1S/C15H26N2OS/c1-19-12-4-2-3-11(8-12)17-15(18)13-9-5-6-10(7-9)14(13)16/h9-14H,2-8,16H2,1H3,(H,17,18). The zero-order valence-corrected chi connectivity index (χ0v) is 12.6. The average molecular weight is 282 g/mol. The summed E-state index contributed by atoms with van der Waals surface area (Å²) in [5.41, 5.74) is 6.26. The third-order valence-electron chi connectivity index (χ3n) is 5.59. The fourth-order valence-electron chi connectivity index (χ4n) is 4.51. The Morgan fingerprint density at radius 2 is 1.95 bits per heavy atom. The smallest absolute Gasteiger partial charge is 0.225 e. The molecule has 108 valence electrons. The molecule has 0 aliphatic heterocycles. The van der Waals surface area contributed by atoms with Crippen LogP contribution in [0, 0.1) is 17.8 Å². The van der Waals surface area contributed by atoms with Crippen molar-refractivity contribution in [2.45, 2.75) is 62.3 Å². The summed E-state index contributed by atoms with van der Waals surface area (Å²) in [4.78, 5) is 12.5. The van der Waals surface area contributed by atoms with Gasteiger partial charge >= 0.3 is 0 Å². The van der Waals surface area contributed by atoms with Crippen molar-refractivity contribution in [3.05, 3.63) is 0 Å². The van der Waals surface area contributed by atoms with Gasteiger partial charge in [-0.15, -0.1) is 0 Å². The van der Waals surface area contributed by atoms with E-state index in [4.69, 9.17) is 5.73 Å². The first-order valence-electron chi connectivity index (χ1n) is 7.77. The van der Waals surface area contributed by atoms with Crippen LogP contribution < -0.4 is 11.1 Å². The Hall–Kier alpha value is -0.220. The van der Waals surface area contributed by atoms with Gasteiger partial charge in [-0.1, -0.05) is 6.42 Å². The molecular formula is C15H26N2OS. The Morgan fingerprint density at radius 3 is 2.63 bits per heavy atom. The van der Waals surface area contributed by atoms with E-state index in [1.807, 2.05) is 11.8 Å². The highest BCUT2D eigenvalue weighted by atomic mass is 32.2. The second-order valence-corrected chi connectivity index (χ2v) is 7.80. The third kappa shape index (κ3) is 2.66. The van der Waals surface area contributed by atoms with Gasteiger partial charge in [0.05, 0.1) is 5.92 Å². The molecule has 0 spiro atoms. The first-order chi connectivity index (χ1) is 9.19. The molecule has 3 rings (SSSR count). The van der Waals surface area contributed by atoms with Gasteiger partial charge in [-0.3, -0.25) is 4.79 Å². The lowest BCUT2D eigenvalue weighted by molar-refractivity contribution is -0.128. The molecule has 0 radical (unpaired) electrons. The van der Waals surface area contributed by atoms with Crippen LogP contribution in [-0.4, -0.2) is 29.5 Å². The highest BCUT2D eigenvalue weighted by Crippen LogP contribution is 2.47. The van der Waals surface area contributed by atoms with Crippen LogP contribution in [0.15, 0.2) is 0 Å². The molecule has 3 aliphatic rings. The molecule has 3 nitrogen and oxygen atoms in total. The predicted molar refractivity (Wildman–Crippen MR) is 80.0 cm³/mol. The fourth-order valence-corrected chi connectivity index (χ4v) is 5.34. The van der Waals surface area contributed by atoms with Gasteiger partial charge < -0.3 is 11.1 Å². The molecular weight excluding hydrogens is 256 g/mol. The second kappa shape index (κ2) is 5.65. The molecule has 0 heterocycles. The topological polar surface area (TPSA) is 55.1 Å². The molecule has 6 unspecified atom stereocenters. The number of hydrogen-bond donors (Lipinski definition) is 2. The number of carbonyl (C=O) groups is 1. The molecule has 3 saturated carbocycles. The third-order valence-corrected chi connectivity index (χ3v) is 6.68. The molecule has 6 atom stereocenters.